The first-order valence-electron chi connectivity index (χ1n) is 7.91. The van der Waals surface area contributed by atoms with Gasteiger partial charge in [0.15, 0.2) is 0 Å². The number of carbonyl (C=O) groups is 2. The van der Waals surface area contributed by atoms with Crippen molar-refractivity contribution in [2.45, 2.75) is 31.4 Å². The Morgan fingerprint density at radius 2 is 1.75 bits per heavy atom. The molecule has 0 saturated heterocycles. The van der Waals surface area contributed by atoms with Crippen LogP contribution in [0.2, 0.25) is 0 Å². The Kier molecular flexibility index (Phi) is 4.89. The lowest BCUT2D eigenvalue weighted by Gasteiger charge is -2.18. The third-order valence-corrected chi connectivity index (χ3v) is 3.78. The van der Waals surface area contributed by atoms with Crippen molar-refractivity contribution in [3.8, 4) is 0 Å². The summed E-state index contributed by atoms with van der Waals surface area (Å²) in [6, 6.07) is 14.7. The Balaban J connectivity index is 1.69. The maximum absolute atomic E-state index is 12.9. The van der Waals surface area contributed by atoms with E-state index in [4.69, 9.17) is 4.74 Å². The Bertz CT molecular complexity index is 711. The molecule has 24 heavy (non-hydrogen) atoms. The highest BCUT2D eigenvalue weighted by atomic mass is 19.1. The third kappa shape index (κ3) is 4.41. The average Bonchev–Trinajstić information content (AvgIpc) is 3.39. The van der Waals surface area contributed by atoms with Gasteiger partial charge in [0.25, 0.3) is 5.91 Å². The van der Waals surface area contributed by atoms with E-state index in [9.17, 15) is 14.0 Å². The van der Waals surface area contributed by atoms with Crippen LogP contribution >= 0.6 is 0 Å². The molecule has 1 aliphatic carbocycles. The van der Waals surface area contributed by atoms with Crippen LogP contribution in [0.3, 0.4) is 0 Å². The Morgan fingerprint density at radius 1 is 1.08 bits per heavy atom. The summed E-state index contributed by atoms with van der Waals surface area (Å²) in [5.41, 5.74) is 1.26. The minimum absolute atomic E-state index is 0.0136. The van der Waals surface area contributed by atoms with E-state index in [1.807, 2.05) is 6.07 Å². The number of ether oxygens (including phenoxy) is 1. The first kappa shape index (κ1) is 16.2. The fraction of sp³-hybridized carbons (Fsp3) is 0.263. The van der Waals surface area contributed by atoms with Crippen LogP contribution in [0.25, 0.3) is 0 Å². The van der Waals surface area contributed by atoms with Crippen LogP contribution in [0.5, 0.6) is 0 Å². The summed E-state index contributed by atoms with van der Waals surface area (Å²) >= 11 is 0. The first-order valence-corrected chi connectivity index (χ1v) is 7.91. The highest BCUT2D eigenvalue weighted by molar-refractivity contribution is 5.85. The normalized spacial score (nSPS) is 14.7. The number of esters is 1. The number of halogens is 1. The SMILES string of the molecule is O=C(Cc1ccc(F)cc1)O[C@H](C(=O)NC1CC1)c1ccccc1. The van der Waals surface area contributed by atoms with Crippen LogP contribution in [-0.2, 0) is 20.7 Å². The summed E-state index contributed by atoms with van der Waals surface area (Å²) in [6.45, 7) is 0. The molecule has 2 aromatic carbocycles. The van der Waals surface area contributed by atoms with E-state index in [1.54, 1.807) is 24.3 Å². The predicted octanol–water partition coefficient (Wildman–Crippen LogP) is 2.93. The number of hydrogen-bond acceptors (Lipinski definition) is 3. The lowest BCUT2D eigenvalue weighted by molar-refractivity contribution is -0.156. The van der Waals surface area contributed by atoms with Gasteiger partial charge in [-0.2, -0.15) is 0 Å². The van der Waals surface area contributed by atoms with E-state index in [0.717, 1.165) is 12.8 Å². The predicted molar refractivity (Wildman–Crippen MR) is 86.5 cm³/mol. The second-order valence-electron chi connectivity index (χ2n) is 5.87. The van der Waals surface area contributed by atoms with Crippen molar-refractivity contribution in [1.82, 2.24) is 5.32 Å². The topological polar surface area (TPSA) is 55.4 Å². The van der Waals surface area contributed by atoms with Crippen LogP contribution in [0, 0.1) is 5.82 Å². The fourth-order valence-corrected chi connectivity index (χ4v) is 2.35. The summed E-state index contributed by atoms with van der Waals surface area (Å²) in [5.74, 6) is -1.20. The number of rotatable bonds is 6. The molecule has 0 heterocycles. The lowest BCUT2D eigenvalue weighted by Crippen LogP contribution is -2.33. The van der Waals surface area contributed by atoms with Gasteiger partial charge in [-0.25, -0.2) is 4.39 Å². The molecular formula is C19H18FNO3. The van der Waals surface area contributed by atoms with Gasteiger partial charge in [0.05, 0.1) is 6.42 Å². The summed E-state index contributed by atoms with van der Waals surface area (Å²) in [4.78, 5) is 24.6. The monoisotopic (exact) mass is 327 g/mol. The van der Waals surface area contributed by atoms with E-state index >= 15 is 0 Å². The van der Waals surface area contributed by atoms with Gasteiger partial charge in [-0.1, -0.05) is 42.5 Å². The van der Waals surface area contributed by atoms with E-state index in [-0.39, 0.29) is 24.2 Å². The molecule has 1 fully saturated rings. The molecular weight excluding hydrogens is 309 g/mol. The van der Waals surface area contributed by atoms with Crippen molar-refractivity contribution in [3.63, 3.8) is 0 Å². The molecule has 0 spiro atoms. The number of carbonyl (C=O) groups excluding carboxylic acids is 2. The maximum Gasteiger partial charge on any atom is 0.311 e. The van der Waals surface area contributed by atoms with E-state index < -0.39 is 12.1 Å². The molecule has 1 aliphatic rings. The zero-order chi connectivity index (χ0) is 16.9. The van der Waals surface area contributed by atoms with Gasteiger partial charge >= 0.3 is 5.97 Å². The fourth-order valence-electron chi connectivity index (χ4n) is 2.35. The van der Waals surface area contributed by atoms with Gasteiger partial charge in [-0.05, 0) is 30.5 Å². The van der Waals surface area contributed by atoms with Crippen molar-refractivity contribution in [1.29, 1.82) is 0 Å². The number of hydrogen-bond donors (Lipinski definition) is 1. The van der Waals surface area contributed by atoms with Crippen LogP contribution in [0.15, 0.2) is 54.6 Å². The molecule has 2 aromatic rings. The van der Waals surface area contributed by atoms with Crippen molar-refractivity contribution < 1.29 is 18.7 Å². The molecule has 1 amide bonds. The van der Waals surface area contributed by atoms with Gasteiger partial charge in [0.1, 0.15) is 5.82 Å². The maximum atomic E-state index is 12.9. The second kappa shape index (κ2) is 7.25. The molecule has 0 aliphatic heterocycles. The average molecular weight is 327 g/mol. The number of amides is 1. The highest BCUT2D eigenvalue weighted by Gasteiger charge is 2.30. The first-order chi connectivity index (χ1) is 11.6. The lowest BCUT2D eigenvalue weighted by atomic mass is 10.1. The van der Waals surface area contributed by atoms with Crippen molar-refractivity contribution in [2.75, 3.05) is 0 Å². The highest BCUT2D eigenvalue weighted by Crippen LogP contribution is 2.23. The summed E-state index contributed by atoms with van der Waals surface area (Å²) in [6.07, 6.45) is 0.924. The van der Waals surface area contributed by atoms with Crippen molar-refractivity contribution in [2.24, 2.45) is 0 Å². The van der Waals surface area contributed by atoms with Gasteiger partial charge in [0, 0.05) is 11.6 Å². The van der Waals surface area contributed by atoms with Gasteiger partial charge in [0.2, 0.25) is 6.10 Å². The van der Waals surface area contributed by atoms with Crippen LogP contribution < -0.4 is 5.32 Å². The molecule has 0 unspecified atom stereocenters. The van der Waals surface area contributed by atoms with E-state index in [1.165, 1.54) is 24.3 Å². The van der Waals surface area contributed by atoms with E-state index in [0.29, 0.717) is 11.1 Å². The van der Waals surface area contributed by atoms with Crippen molar-refractivity contribution in [3.05, 3.63) is 71.5 Å². The zero-order valence-corrected chi connectivity index (χ0v) is 13.1. The van der Waals surface area contributed by atoms with Gasteiger partial charge in [-0.15, -0.1) is 0 Å². The molecule has 1 atom stereocenters. The quantitative estimate of drug-likeness (QED) is 0.830. The molecule has 3 rings (SSSR count). The third-order valence-electron chi connectivity index (χ3n) is 3.78. The number of benzene rings is 2. The Labute approximate surface area is 139 Å². The minimum atomic E-state index is -0.972. The molecule has 0 radical (unpaired) electrons. The molecule has 0 aromatic heterocycles. The van der Waals surface area contributed by atoms with Gasteiger partial charge < -0.3 is 10.1 Å². The summed E-state index contributed by atoms with van der Waals surface area (Å²) in [5, 5.41) is 2.86. The second-order valence-corrected chi connectivity index (χ2v) is 5.87. The smallest absolute Gasteiger partial charge is 0.311 e. The molecule has 124 valence electrons. The molecule has 1 N–H and O–H groups in total. The van der Waals surface area contributed by atoms with Crippen LogP contribution in [0.1, 0.15) is 30.1 Å². The molecule has 5 heteroatoms. The van der Waals surface area contributed by atoms with Gasteiger partial charge in [-0.3, -0.25) is 9.59 Å². The standard InChI is InChI=1S/C19H18FNO3/c20-15-8-6-13(7-9-15)12-17(22)24-18(14-4-2-1-3-5-14)19(23)21-16-10-11-16/h1-9,16,18H,10-12H2,(H,21,23)/t18-/m0/s1. The summed E-state index contributed by atoms with van der Waals surface area (Å²) in [7, 11) is 0. The van der Waals surface area contributed by atoms with Crippen molar-refractivity contribution >= 4 is 11.9 Å². The molecule has 0 bridgehead atoms. The summed E-state index contributed by atoms with van der Waals surface area (Å²) < 4.78 is 18.3. The molecule has 1 saturated carbocycles. The minimum Gasteiger partial charge on any atom is -0.447 e. The molecule has 4 nitrogen and oxygen atoms in total. The Morgan fingerprint density at radius 3 is 2.38 bits per heavy atom. The van der Waals surface area contributed by atoms with E-state index in [2.05, 4.69) is 5.32 Å². The Hall–Kier alpha value is -2.69. The number of nitrogens with one attached hydrogen (secondary N) is 1. The van der Waals surface area contributed by atoms with Crippen LogP contribution in [-0.4, -0.2) is 17.9 Å². The zero-order valence-electron chi connectivity index (χ0n) is 13.1. The largest absolute Gasteiger partial charge is 0.447 e. The van der Waals surface area contributed by atoms with Crippen LogP contribution in [0.4, 0.5) is 4.39 Å².